The van der Waals surface area contributed by atoms with Gasteiger partial charge in [-0.15, -0.1) is 0 Å². The normalized spacial score (nSPS) is 11.1. The van der Waals surface area contributed by atoms with E-state index in [0.29, 0.717) is 5.75 Å². The maximum atomic E-state index is 9.67. The number of phenolic OH excluding ortho intramolecular Hbond substituents is 1. The Morgan fingerprint density at radius 1 is 1.43 bits per heavy atom. The second-order valence-corrected chi connectivity index (χ2v) is 3.70. The smallest absolute Gasteiger partial charge is 0.119 e. The van der Waals surface area contributed by atoms with Gasteiger partial charge in [-0.2, -0.15) is 12.6 Å². The van der Waals surface area contributed by atoms with Gasteiger partial charge in [0.15, 0.2) is 0 Å². The lowest BCUT2D eigenvalue weighted by atomic mass is 9.95. The first-order valence-electron chi connectivity index (χ1n) is 4.74. The van der Waals surface area contributed by atoms with E-state index in [1.165, 1.54) is 5.56 Å². The van der Waals surface area contributed by atoms with Gasteiger partial charge in [0.25, 0.3) is 0 Å². The van der Waals surface area contributed by atoms with Crippen molar-refractivity contribution in [2.75, 3.05) is 0 Å². The van der Waals surface area contributed by atoms with Gasteiger partial charge in [-0.05, 0) is 60.1 Å². The van der Waals surface area contributed by atoms with Crippen LogP contribution in [0.2, 0.25) is 0 Å². The lowest BCUT2D eigenvalue weighted by Gasteiger charge is -2.12. The second-order valence-electron chi connectivity index (χ2n) is 3.40. The fourth-order valence-corrected chi connectivity index (χ4v) is 1.90. The summed E-state index contributed by atoms with van der Waals surface area (Å²) < 4.78 is 0. The molecule has 1 nitrogen and oxygen atoms in total. The Morgan fingerprint density at radius 3 is 2.57 bits per heavy atom. The van der Waals surface area contributed by atoms with Gasteiger partial charge < -0.3 is 5.11 Å². The molecule has 0 saturated carbocycles. The van der Waals surface area contributed by atoms with Crippen LogP contribution >= 0.6 is 12.6 Å². The van der Waals surface area contributed by atoms with Crippen LogP contribution in [0.15, 0.2) is 11.5 Å². The van der Waals surface area contributed by atoms with Crippen molar-refractivity contribution in [2.24, 2.45) is 0 Å². The van der Waals surface area contributed by atoms with E-state index < -0.39 is 0 Å². The maximum absolute atomic E-state index is 9.67. The summed E-state index contributed by atoms with van der Waals surface area (Å²) in [6, 6.07) is 1.82. The first kappa shape index (κ1) is 11.2. The molecule has 1 aromatic rings. The van der Waals surface area contributed by atoms with Gasteiger partial charge in [-0.3, -0.25) is 0 Å². The first-order chi connectivity index (χ1) is 6.61. The van der Waals surface area contributed by atoms with E-state index in [1.54, 1.807) is 5.41 Å². The summed E-state index contributed by atoms with van der Waals surface area (Å²) in [5.41, 5.74) is 4.44. The highest BCUT2D eigenvalue weighted by molar-refractivity contribution is 7.83. The highest BCUT2D eigenvalue weighted by Gasteiger charge is 2.08. The molecule has 0 aliphatic heterocycles. The third-order valence-corrected chi connectivity index (χ3v) is 2.69. The number of rotatable bonds is 2. The van der Waals surface area contributed by atoms with Crippen LogP contribution in [0.1, 0.15) is 29.2 Å². The van der Waals surface area contributed by atoms with Crippen LogP contribution in [0.3, 0.4) is 0 Å². The summed E-state index contributed by atoms with van der Waals surface area (Å²) in [5, 5.41) is 11.4. The monoisotopic (exact) mass is 208 g/mol. The average Bonchev–Trinajstić information content (AvgIpc) is 2.14. The predicted molar refractivity (Wildman–Crippen MR) is 65.0 cm³/mol. The third-order valence-electron chi connectivity index (χ3n) is 2.54. The molecule has 0 atom stereocenters. The lowest BCUT2D eigenvalue weighted by Crippen LogP contribution is -1.95. The molecule has 2 heteroatoms. The topological polar surface area (TPSA) is 20.2 Å². The molecule has 1 N–H and O–H groups in total. The molecule has 14 heavy (non-hydrogen) atoms. The number of aromatic hydroxyl groups is 1. The summed E-state index contributed by atoms with van der Waals surface area (Å²) in [7, 11) is 0. The summed E-state index contributed by atoms with van der Waals surface area (Å²) in [6.07, 6.45) is 2.91. The fraction of sp³-hybridized carbons (Fsp3) is 0.333. The van der Waals surface area contributed by atoms with E-state index in [4.69, 9.17) is 0 Å². The van der Waals surface area contributed by atoms with Gasteiger partial charge in [0.2, 0.25) is 0 Å². The van der Waals surface area contributed by atoms with Crippen molar-refractivity contribution in [3.8, 4) is 5.75 Å². The number of aryl methyl sites for hydroxylation is 1. The molecule has 0 saturated heterocycles. The lowest BCUT2D eigenvalue weighted by molar-refractivity contribution is 0.470. The molecule has 0 amide bonds. The van der Waals surface area contributed by atoms with Crippen molar-refractivity contribution in [3.63, 3.8) is 0 Å². The molecule has 1 aromatic carbocycles. The van der Waals surface area contributed by atoms with Crippen LogP contribution in [-0.2, 0) is 6.42 Å². The van der Waals surface area contributed by atoms with Crippen LogP contribution in [-0.4, -0.2) is 5.11 Å². The summed E-state index contributed by atoms with van der Waals surface area (Å²) >= 11 is 4.07. The van der Waals surface area contributed by atoms with Crippen molar-refractivity contribution >= 4 is 18.7 Å². The highest BCUT2D eigenvalue weighted by atomic mass is 32.1. The van der Waals surface area contributed by atoms with Crippen LogP contribution in [0.5, 0.6) is 5.75 Å². The molecule has 0 aliphatic carbocycles. The van der Waals surface area contributed by atoms with Crippen LogP contribution < -0.4 is 0 Å². The van der Waals surface area contributed by atoms with Crippen LogP contribution in [0.25, 0.3) is 6.08 Å². The molecule has 0 aliphatic rings. The Morgan fingerprint density at radius 2 is 2.07 bits per heavy atom. The van der Waals surface area contributed by atoms with Gasteiger partial charge in [0, 0.05) is 0 Å². The van der Waals surface area contributed by atoms with E-state index in [-0.39, 0.29) is 0 Å². The maximum Gasteiger partial charge on any atom is 0.119 e. The Hall–Kier alpha value is -0.890. The van der Waals surface area contributed by atoms with Gasteiger partial charge in [-0.25, -0.2) is 0 Å². The molecule has 0 spiro atoms. The largest absolute Gasteiger partial charge is 0.508 e. The number of phenols is 1. The van der Waals surface area contributed by atoms with E-state index in [1.807, 2.05) is 26.0 Å². The van der Waals surface area contributed by atoms with E-state index in [2.05, 4.69) is 19.6 Å². The van der Waals surface area contributed by atoms with Crippen molar-refractivity contribution < 1.29 is 5.11 Å². The zero-order valence-corrected chi connectivity index (χ0v) is 9.73. The molecule has 1 rings (SSSR count). The van der Waals surface area contributed by atoms with Crippen molar-refractivity contribution in [3.05, 3.63) is 33.7 Å². The zero-order valence-electron chi connectivity index (χ0n) is 8.83. The Labute approximate surface area is 90.9 Å². The minimum Gasteiger partial charge on any atom is -0.508 e. The van der Waals surface area contributed by atoms with E-state index in [0.717, 1.165) is 23.1 Å². The standard InChI is InChI=1S/C12H16OS/c1-4-10-8(2)7-12(13)9(3)11(10)5-6-14/h5-7,13-14H,4H2,1-3H3/b6-5-. The molecule has 0 unspecified atom stereocenters. The molecular weight excluding hydrogens is 192 g/mol. The fourth-order valence-electron chi connectivity index (χ4n) is 1.75. The third kappa shape index (κ3) is 1.95. The van der Waals surface area contributed by atoms with E-state index >= 15 is 0 Å². The molecule has 0 radical (unpaired) electrons. The predicted octanol–water partition coefficient (Wildman–Crippen LogP) is 3.47. The summed E-state index contributed by atoms with van der Waals surface area (Å²) in [6.45, 7) is 6.07. The Balaban J connectivity index is 3.47. The average molecular weight is 208 g/mol. The van der Waals surface area contributed by atoms with Gasteiger partial charge >= 0.3 is 0 Å². The number of hydrogen-bond acceptors (Lipinski definition) is 2. The Kier molecular flexibility index (Phi) is 3.64. The minimum absolute atomic E-state index is 0.362. The zero-order chi connectivity index (χ0) is 10.7. The van der Waals surface area contributed by atoms with Gasteiger partial charge in [0.05, 0.1) is 0 Å². The second kappa shape index (κ2) is 4.56. The first-order valence-corrected chi connectivity index (χ1v) is 5.26. The van der Waals surface area contributed by atoms with Crippen molar-refractivity contribution in [1.82, 2.24) is 0 Å². The highest BCUT2D eigenvalue weighted by Crippen LogP contribution is 2.28. The van der Waals surface area contributed by atoms with Gasteiger partial charge in [0.1, 0.15) is 5.75 Å². The number of benzene rings is 1. The molecule has 0 aromatic heterocycles. The molecule has 76 valence electrons. The minimum atomic E-state index is 0.362. The van der Waals surface area contributed by atoms with Gasteiger partial charge in [-0.1, -0.05) is 6.92 Å². The number of thiol groups is 1. The molecular formula is C12H16OS. The SMILES string of the molecule is CCc1c(C)cc(O)c(C)c1/C=C\S. The molecule has 0 heterocycles. The molecule has 0 bridgehead atoms. The Bertz CT molecular complexity index is 367. The quantitative estimate of drug-likeness (QED) is 0.713. The summed E-state index contributed by atoms with van der Waals surface area (Å²) in [5.74, 6) is 0.362. The summed E-state index contributed by atoms with van der Waals surface area (Å²) in [4.78, 5) is 0. The number of hydrogen-bond donors (Lipinski definition) is 2. The van der Waals surface area contributed by atoms with Crippen LogP contribution in [0.4, 0.5) is 0 Å². The van der Waals surface area contributed by atoms with E-state index in [9.17, 15) is 5.11 Å². The molecule has 0 fully saturated rings. The van der Waals surface area contributed by atoms with Crippen molar-refractivity contribution in [1.29, 1.82) is 0 Å². The van der Waals surface area contributed by atoms with Crippen molar-refractivity contribution in [2.45, 2.75) is 27.2 Å². The van der Waals surface area contributed by atoms with Crippen LogP contribution in [0, 0.1) is 13.8 Å².